The molecule has 32 valence electrons. The zero-order valence-corrected chi connectivity index (χ0v) is 6.60. The molecule has 0 fully saturated rings. The van der Waals surface area contributed by atoms with Gasteiger partial charge >= 0.3 is 35.1 Å². The largest absolute Gasteiger partial charge is 1.00 e. The molecule has 0 N–H and O–H groups in total. The molecule has 0 saturated heterocycles. The molecule has 0 heterocycles. The van der Waals surface area contributed by atoms with Crippen LogP contribution in [0, 0.1) is 0 Å². The van der Waals surface area contributed by atoms with Crippen molar-refractivity contribution in [2.45, 2.75) is 0 Å². The third kappa shape index (κ3) is 49.3. The maximum atomic E-state index is 10.6. The number of halogens is 4. The molecule has 0 aliphatic heterocycles. The van der Waals surface area contributed by atoms with E-state index >= 15 is 0 Å². The summed E-state index contributed by atoms with van der Waals surface area (Å²) in [5, 5.41) is 0. The van der Waals surface area contributed by atoms with Gasteiger partial charge in [-0.1, -0.05) is 0 Å². The topological polar surface area (TPSA) is 0 Å². The van der Waals surface area contributed by atoms with E-state index < -0.39 is 5.53 Å². The Labute approximate surface area is 66.3 Å². The minimum Gasteiger partial charge on any atom is -0.450 e. The Bertz CT molecular complexity index is 27.0. The molecule has 0 rings (SSSR count). The van der Waals surface area contributed by atoms with Crippen molar-refractivity contribution >= 4 is 28.5 Å². The van der Waals surface area contributed by atoms with Crippen LogP contribution in [0.25, 0.3) is 0 Å². The third-order valence-electron chi connectivity index (χ3n) is 0. The standard InChI is InChI=1S/BCl2F2.Na/c2-1(3,4)5;/q-1;+1. The Balaban J connectivity index is 0. The van der Waals surface area contributed by atoms with Gasteiger partial charge in [0.05, 0.1) is 0 Å². The van der Waals surface area contributed by atoms with Crippen molar-refractivity contribution < 1.29 is 38.2 Å². The molecule has 0 aromatic rings. The van der Waals surface area contributed by atoms with Crippen LogP contribution < -0.4 is 29.6 Å². The van der Waals surface area contributed by atoms with E-state index in [0.29, 0.717) is 0 Å². The average molecular weight is 143 g/mol. The minimum absolute atomic E-state index is 0. The Morgan fingerprint density at radius 2 is 1.17 bits per heavy atom. The molecule has 0 aliphatic carbocycles. The van der Waals surface area contributed by atoms with Crippen molar-refractivity contribution in [3.8, 4) is 0 Å². The van der Waals surface area contributed by atoms with Crippen LogP contribution in [0.2, 0.25) is 0 Å². The predicted octanol–water partition coefficient (Wildman–Crippen LogP) is -1.16. The van der Waals surface area contributed by atoms with E-state index in [2.05, 4.69) is 22.9 Å². The SMILES string of the molecule is F[B-](F)(Cl)Cl.[Na+]. The predicted molar refractivity (Wildman–Crippen MR) is 19.7 cm³/mol. The first-order valence-corrected chi connectivity index (χ1v) is 1.75. The molecule has 0 spiro atoms. The molecule has 6 heteroatoms. The van der Waals surface area contributed by atoms with Crippen LogP contribution in [0.15, 0.2) is 0 Å². The minimum atomic E-state index is -4.06. The van der Waals surface area contributed by atoms with Crippen LogP contribution in [-0.2, 0) is 0 Å². The van der Waals surface area contributed by atoms with Crippen LogP contribution in [0.5, 0.6) is 0 Å². The van der Waals surface area contributed by atoms with E-state index in [9.17, 15) is 8.63 Å². The molecule has 0 aliphatic rings. The summed E-state index contributed by atoms with van der Waals surface area (Å²) in [7, 11) is 0. The molecular weight excluding hydrogens is 143 g/mol. The number of hydrogen-bond donors (Lipinski definition) is 0. The zero-order valence-electron chi connectivity index (χ0n) is 3.09. The van der Waals surface area contributed by atoms with E-state index in [1.165, 1.54) is 0 Å². The molecule has 0 atom stereocenters. The number of rotatable bonds is 0. The maximum absolute atomic E-state index is 10.6. The molecule has 0 amide bonds. The fraction of sp³-hybridized carbons (Fsp3) is 0. The van der Waals surface area contributed by atoms with Gasteiger partial charge in [-0.15, -0.1) is 0 Å². The molecule has 6 heavy (non-hydrogen) atoms. The first-order valence-electron chi connectivity index (χ1n) is 0.873. The number of hydrogen-bond acceptors (Lipinski definition) is 0. The smallest absolute Gasteiger partial charge is 0.450 e. The molecule has 0 unspecified atom stereocenters. The van der Waals surface area contributed by atoms with Gasteiger partial charge in [-0.2, -0.15) is 0 Å². The monoisotopic (exact) mass is 142 g/mol. The molecule has 0 aromatic carbocycles. The van der Waals surface area contributed by atoms with Gasteiger partial charge in [-0.3, -0.25) is 22.9 Å². The fourth-order valence-electron chi connectivity index (χ4n) is 0. The molecule has 0 nitrogen and oxygen atoms in total. The first-order chi connectivity index (χ1) is 2.00. The summed E-state index contributed by atoms with van der Waals surface area (Å²) in [6.07, 6.45) is 0. The van der Waals surface area contributed by atoms with Crippen LogP contribution in [-0.4, -0.2) is 5.53 Å². The van der Waals surface area contributed by atoms with Crippen LogP contribution in [0.3, 0.4) is 0 Å². The summed E-state index contributed by atoms with van der Waals surface area (Å²) in [6, 6.07) is 0. The van der Waals surface area contributed by atoms with Crippen molar-refractivity contribution in [1.82, 2.24) is 0 Å². The fourth-order valence-corrected chi connectivity index (χ4v) is 0. The summed E-state index contributed by atoms with van der Waals surface area (Å²) < 4.78 is 21.2. The van der Waals surface area contributed by atoms with Crippen molar-refractivity contribution in [2.75, 3.05) is 0 Å². The van der Waals surface area contributed by atoms with Gasteiger partial charge < -0.3 is 8.63 Å². The van der Waals surface area contributed by atoms with E-state index in [-0.39, 0.29) is 29.6 Å². The van der Waals surface area contributed by atoms with Gasteiger partial charge in [0.1, 0.15) is 0 Å². The summed E-state index contributed by atoms with van der Waals surface area (Å²) in [5.74, 6) is 0. The Morgan fingerprint density at radius 3 is 1.17 bits per heavy atom. The second-order valence-electron chi connectivity index (χ2n) is 0.495. The maximum Gasteiger partial charge on any atom is 1.00 e. The Hall–Kier alpha value is 1.50. The summed E-state index contributed by atoms with van der Waals surface area (Å²) in [6.45, 7) is 0. The van der Waals surface area contributed by atoms with Gasteiger partial charge in [0, 0.05) is 0 Å². The van der Waals surface area contributed by atoms with E-state index in [1.807, 2.05) is 0 Å². The van der Waals surface area contributed by atoms with Crippen LogP contribution in [0.1, 0.15) is 0 Å². The van der Waals surface area contributed by atoms with Gasteiger partial charge in [0.2, 0.25) is 0 Å². The molecule has 0 bridgehead atoms. The van der Waals surface area contributed by atoms with Gasteiger partial charge in [0.15, 0.2) is 0 Å². The van der Waals surface area contributed by atoms with Crippen molar-refractivity contribution in [3.63, 3.8) is 0 Å². The normalized spacial score (nSPS) is 10.0. The van der Waals surface area contributed by atoms with Crippen molar-refractivity contribution in [1.29, 1.82) is 0 Å². The average Bonchev–Trinajstić information content (AvgIpc) is 0.722. The van der Waals surface area contributed by atoms with E-state index in [1.54, 1.807) is 0 Å². The molecular formula is BCl2F2Na. The van der Waals surface area contributed by atoms with Gasteiger partial charge in [-0.05, 0) is 0 Å². The summed E-state index contributed by atoms with van der Waals surface area (Å²) in [5.41, 5.74) is -4.06. The van der Waals surface area contributed by atoms with E-state index in [4.69, 9.17) is 0 Å². The zero-order chi connectivity index (χ0) is 4.50. The van der Waals surface area contributed by atoms with Crippen molar-refractivity contribution in [2.24, 2.45) is 0 Å². The first kappa shape index (κ1) is 10.5. The second-order valence-corrected chi connectivity index (χ2v) is 1.81. The second kappa shape index (κ2) is 3.50. The molecule has 0 radical (unpaired) electrons. The van der Waals surface area contributed by atoms with Gasteiger partial charge in [0.25, 0.3) is 0 Å². The van der Waals surface area contributed by atoms with Crippen LogP contribution in [0.4, 0.5) is 8.63 Å². The molecule has 0 aromatic heterocycles. The van der Waals surface area contributed by atoms with Crippen molar-refractivity contribution in [3.05, 3.63) is 0 Å². The summed E-state index contributed by atoms with van der Waals surface area (Å²) in [4.78, 5) is 0. The molecule has 0 saturated carbocycles. The van der Waals surface area contributed by atoms with Gasteiger partial charge in [-0.25, -0.2) is 0 Å². The Morgan fingerprint density at radius 1 is 1.17 bits per heavy atom. The van der Waals surface area contributed by atoms with Crippen LogP contribution >= 0.6 is 22.9 Å². The quantitative estimate of drug-likeness (QED) is 0.375. The van der Waals surface area contributed by atoms with E-state index in [0.717, 1.165) is 0 Å². The third-order valence-corrected chi connectivity index (χ3v) is 0. The Kier molecular flexibility index (Phi) is 6.11. The summed E-state index contributed by atoms with van der Waals surface area (Å²) >= 11 is 8.05.